The highest BCUT2D eigenvalue weighted by Gasteiger charge is 2.26. The average molecular weight is 287 g/mol. The highest BCUT2D eigenvalue weighted by atomic mass is 35.5. The molecule has 0 spiro atoms. The maximum atomic E-state index is 6.06. The molecule has 0 radical (unpaired) electrons. The van der Waals surface area contributed by atoms with Crippen molar-refractivity contribution in [2.75, 3.05) is 40.0 Å². The van der Waals surface area contributed by atoms with Crippen LogP contribution in [-0.2, 0) is 9.47 Å². The molecular weight excluding hydrogens is 268 g/mol. The third-order valence-electron chi connectivity index (χ3n) is 2.95. The minimum absolute atomic E-state index is 0.00306. The van der Waals surface area contributed by atoms with Gasteiger partial charge in [0.25, 0.3) is 0 Å². The van der Waals surface area contributed by atoms with Gasteiger partial charge in [0.05, 0.1) is 18.9 Å². The minimum atomic E-state index is -0.276. The van der Waals surface area contributed by atoms with Gasteiger partial charge in [-0.05, 0) is 6.07 Å². The van der Waals surface area contributed by atoms with E-state index in [4.69, 9.17) is 21.1 Å². The fourth-order valence-corrected chi connectivity index (χ4v) is 2.31. The van der Waals surface area contributed by atoms with Crippen LogP contribution in [-0.4, -0.2) is 60.4 Å². The minimum Gasteiger partial charge on any atom is -0.383 e. The van der Waals surface area contributed by atoms with Crippen LogP contribution in [0.3, 0.4) is 0 Å². The summed E-state index contributed by atoms with van der Waals surface area (Å²) in [5.41, 5.74) is 0.652. The number of rotatable bonds is 6. The van der Waals surface area contributed by atoms with Crippen LogP contribution in [0.25, 0.3) is 0 Å². The quantitative estimate of drug-likeness (QED) is 0.611. The van der Waals surface area contributed by atoms with Crippen LogP contribution < -0.4 is 5.32 Å². The third kappa shape index (κ3) is 4.36. The van der Waals surface area contributed by atoms with Crippen molar-refractivity contribution in [3.63, 3.8) is 0 Å². The average Bonchev–Trinajstić information content (AvgIpc) is 2.45. The van der Waals surface area contributed by atoms with Crippen LogP contribution in [0.2, 0.25) is 0 Å². The molecule has 1 N–H and O–H groups in total. The topological polar surface area (TPSA) is 59.5 Å². The second-order valence-corrected chi connectivity index (χ2v) is 4.75. The Morgan fingerprint density at radius 1 is 1.68 bits per heavy atom. The van der Waals surface area contributed by atoms with Gasteiger partial charge in [-0.1, -0.05) is 11.6 Å². The smallest absolute Gasteiger partial charge is 0.143 e. The summed E-state index contributed by atoms with van der Waals surface area (Å²) in [6, 6.07) is 1.91. The van der Waals surface area contributed by atoms with E-state index >= 15 is 0 Å². The number of aromatic nitrogens is 2. The highest BCUT2D eigenvalue weighted by Crippen LogP contribution is 2.19. The van der Waals surface area contributed by atoms with Crippen molar-refractivity contribution in [2.24, 2.45) is 0 Å². The number of nitrogens with one attached hydrogen (secondary N) is 1. The van der Waals surface area contributed by atoms with E-state index in [2.05, 4.69) is 20.2 Å². The van der Waals surface area contributed by atoms with Gasteiger partial charge < -0.3 is 9.47 Å². The van der Waals surface area contributed by atoms with Gasteiger partial charge in [-0.2, -0.15) is 0 Å². The van der Waals surface area contributed by atoms with Gasteiger partial charge >= 0.3 is 0 Å². The molecule has 6 nitrogen and oxygen atoms in total. The van der Waals surface area contributed by atoms with Gasteiger partial charge in [-0.15, -0.1) is 0 Å². The van der Waals surface area contributed by atoms with Gasteiger partial charge in [0, 0.05) is 32.9 Å². The molecular formula is C12H19ClN4O2. The lowest BCUT2D eigenvalue weighted by Gasteiger charge is -2.36. The Labute approximate surface area is 118 Å². The third-order valence-corrected chi connectivity index (χ3v) is 3.21. The second kappa shape index (κ2) is 7.72. The van der Waals surface area contributed by atoms with Crippen molar-refractivity contribution in [2.45, 2.75) is 11.7 Å². The van der Waals surface area contributed by atoms with Crippen LogP contribution in [0.15, 0.2) is 18.6 Å². The second-order valence-electron chi connectivity index (χ2n) is 4.26. The normalized spacial score (nSPS) is 22.3. The number of morpholine rings is 1. The van der Waals surface area contributed by atoms with Crippen LogP contribution >= 0.6 is 11.6 Å². The number of alkyl halides is 1. The Balaban J connectivity index is 2.05. The summed E-state index contributed by atoms with van der Waals surface area (Å²) in [7, 11) is 1.69. The molecule has 0 aliphatic carbocycles. The molecule has 1 saturated heterocycles. The summed E-state index contributed by atoms with van der Waals surface area (Å²) < 4.78 is 10.4. The Morgan fingerprint density at radius 3 is 3.26 bits per heavy atom. The molecule has 7 heteroatoms. The van der Waals surface area contributed by atoms with E-state index in [9.17, 15) is 0 Å². The first-order valence-electron chi connectivity index (χ1n) is 6.29. The zero-order valence-corrected chi connectivity index (χ0v) is 11.7. The summed E-state index contributed by atoms with van der Waals surface area (Å²) in [5.74, 6) is 0. The summed E-state index contributed by atoms with van der Waals surface area (Å²) in [5, 5.41) is 3.42. The fraction of sp³-hybridized carbons (Fsp3) is 0.667. The van der Waals surface area contributed by atoms with Crippen LogP contribution in [0.4, 0.5) is 0 Å². The molecule has 0 saturated carbocycles. The molecule has 2 rings (SSSR count). The first-order chi connectivity index (χ1) is 9.31. The molecule has 0 aromatic carbocycles. The fourth-order valence-electron chi connectivity index (χ4n) is 2.04. The maximum Gasteiger partial charge on any atom is 0.143 e. The van der Waals surface area contributed by atoms with E-state index in [1.165, 1.54) is 0 Å². The van der Waals surface area contributed by atoms with Gasteiger partial charge in [0.2, 0.25) is 0 Å². The molecule has 1 aliphatic rings. The van der Waals surface area contributed by atoms with Crippen molar-refractivity contribution < 1.29 is 9.47 Å². The molecule has 2 heterocycles. The van der Waals surface area contributed by atoms with Crippen LogP contribution in [0.1, 0.15) is 11.9 Å². The van der Waals surface area contributed by atoms with Gasteiger partial charge in [-0.3, -0.25) is 10.2 Å². The van der Waals surface area contributed by atoms with E-state index in [0.29, 0.717) is 19.8 Å². The Hall–Kier alpha value is -0.790. The summed E-state index contributed by atoms with van der Waals surface area (Å²) in [6.45, 7) is 3.50. The number of ether oxygens (including phenoxy) is 2. The first-order valence-corrected chi connectivity index (χ1v) is 6.73. The maximum absolute atomic E-state index is 6.06. The van der Waals surface area contributed by atoms with E-state index < -0.39 is 0 Å². The zero-order chi connectivity index (χ0) is 13.5. The Morgan fingerprint density at radius 2 is 2.58 bits per heavy atom. The van der Waals surface area contributed by atoms with Crippen molar-refractivity contribution >= 4 is 11.6 Å². The van der Waals surface area contributed by atoms with E-state index in [1.54, 1.807) is 19.6 Å². The molecule has 1 aliphatic heterocycles. The summed E-state index contributed by atoms with van der Waals surface area (Å²) >= 11 is 6.06. The molecule has 0 bridgehead atoms. The molecule has 1 aromatic heterocycles. The number of nitrogens with zero attached hydrogens (tertiary/aromatic N) is 3. The molecule has 1 aromatic rings. The lowest BCUT2D eigenvalue weighted by atomic mass is 10.2. The molecule has 0 amide bonds. The molecule has 19 heavy (non-hydrogen) atoms. The van der Waals surface area contributed by atoms with Crippen molar-refractivity contribution in [3.8, 4) is 0 Å². The van der Waals surface area contributed by atoms with E-state index in [1.807, 2.05) is 6.07 Å². The molecule has 2 unspecified atom stereocenters. The Bertz CT molecular complexity index is 368. The standard InChI is InChI=1S/C12H19ClN4O2/c1-18-6-4-15-12(10-2-3-14-9-16-10)17-5-7-19-11(13)8-17/h2-3,9,11-12,15H,4-8H2,1H3. The van der Waals surface area contributed by atoms with Gasteiger partial charge in [0.1, 0.15) is 18.1 Å². The largest absolute Gasteiger partial charge is 0.383 e. The molecule has 1 fully saturated rings. The molecule has 2 atom stereocenters. The first kappa shape index (κ1) is 14.6. The van der Waals surface area contributed by atoms with Crippen molar-refractivity contribution in [3.05, 3.63) is 24.3 Å². The summed E-state index contributed by atoms with van der Waals surface area (Å²) in [4.78, 5) is 10.5. The van der Waals surface area contributed by atoms with Crippen LogP contribution in [0.5, 0.6) is 0 Å². The van der Waals surface area contributed by atoms with E-state index in [0.717, 1.165) is 18.8 Å². The highest BCUT2D eigenvalue weighted by molar-refractivity contribution is 6.19. The lowest BCUT2D eigenvalue weighted by molar-refractivity contribution is -0.0141. The summed E-state index contributed by atoms with van der Waals surface area (Å²) in [6.07, 6.45) is 3.30. The van der Waals surface area contributed by atoms with Gasteiger partial charge in [0.15, 0.2) is 0 Å². The predicted molar refractivity (Wildman–Crippen MR) is 71.8 cm³/mol. The lowest BCUT2D eigenvalue weighted by Crippen LogP contribution is -2.47. The van der Waals surface area contributed by atoms with Gasteiger partial charge in [-0.25, -0.2) is 9.97 Å². The zero-order valence-electron chi connectivity index (χ0n) is 11.0. The number of methoxy groups -OCH3 is 1. The van der Waals surface area contributed by atoms with Crippen molar-refractivity contribution in [1.82, 2.24) is 20.2 Å². The monoisotopic (exact) mass is 286 g/mol. The van der Waals surface area contributed by atoms with Crippen molar-refractivity contribution in [1.29, 1.82) is 0 Å². The predicted octanol–water partition coefficient (Wildman–Crippen LogP) is 0.608. The number of hydrogen-bond donors (Lipinski definition) is 1. The SMILES string of the molecule is COCCNC(c1ccncn1)N1CCOC(Cl)C1. The molecule has 106 valence electrons. The number of halogens is 1. The van der Waals surface area contributed by atoms with Crippen LogP contribution in [0, 0.1) is 0 Å². The Kier molecular flexibility index (Phi) is 5.93. The number of hydrogen-bond acceptors (Lipinski definition) is 6. The van der Waals surface area contributed by atoms with E-state index in [-0.39, 0.29) is 11.7 Å².